The molecule has 3 rings (SSSR count). The van der Waals surface area contributed by atoms with Crippen molar-refractivity contribution in [2.24, 2.45) is 7.05 Å². The molecule has 4 nitrogen and oxygen atoms in total. The van der Waals surface area contributed by atoms with E-state index in [0.717, 1.165) is 33.6 Å². The molecule has 4 heteroatoms. The maximum atomic E-state index is 5.84. The van der Waals surface area contributed by atoms with Gasteiger partial charge < -0.3 is 10.2 Å². The van der Waals surface area contributed by atoms with Gasteiger partial charge in [-0.3, -0.25) is 4.68 Å². The van der Waals surface area contributed by atoms with Crippen LogP contribution in [0.4, 0.5) is 5.82 Å². The van der Waals surface area contributed by atoms with Crippen LogP contribution in [0.25, 0.3) is 22.2 Å². The van der Waals surface area contributed by atoms with Crippen LogP contribution in [0.1, 0.15) is 11.3 Å². The second kappa shape index (κ2) is 3.63. The Morgan fingerprint density at radius 3 is 2.72 bits per heavy atom. The molecule has 2 aromatic heterocycles. The van der Waals surface area contributed by atoms with Crippen molar-refractivity contribution in [3.05, 3.63) is 35.6 Å². The summed E-state index contributed by atoms with van der Waals surface area (Å²) in [5.41, 5.74) is 9.84. The molecular weight excluding hydrogens is 226 g/mol. The van der Waals surface area contributed by atoms with Gasteiger partial charge in [-0.15, -0.1) is 0 Å². The molecule has 0 saturated heterocycles. The van der Waals surface area contributed by atoms with Crippen molar-refractivity contribution in [3.63, 3.8) is 0 Å². The van der Waals surface area contributed by atoms with E-state index in [9.17, 15) is 0 Å². The highest BCUT2D eigenvalue weighted by Crippen LogP contribution is 2.33. The molecule has 18 heavy (non-hydrogen) atoms. The monoisotopic (exact) mass is 241 g/mol. The lowest BCUT2D eigenvalue weighted by Gasteiger charge is -1.99. The van der Waals surface area contributed by atoms with E-state index in [1.807, 2.05) is 38.2 Å². The Balaban J connectivity index is 2.35. The van der Waals surface area contributed by atoms with E-state index in [-0.39, 0.29) is 0 Å². The number of benzene rings is 1. The van der Waals surface area contributed by atoms with Gasteiger partial charge in [-0.25, -0.2) is 0 Å². The van der Waals surface area contributed by atoms with E-state index in [1.165, 1.54) is 0 Å². The number of rotatable bonds is 1. The topological polar surface area (TPSA) is 57.0 Å². The number of nitrogen functional groups attached to an aromatic ring is 1. The summed E-state index contributed by atoms with van der Waals surface area (Å²) < 4.78 is 7.41. The van der Waals surface area contributed by atoms with Crippen LogP contribution >= 0.6 is 0 Å². The van der Waals surface area contributed by atoms with Crippen molar-refractivity contribution in [1.29, 1.82) is 0 Å². The Morgan fingerprint density at radius 2 is 2.06 bits per heavy atom. The van der Waals surface area contributed by atoms with Crippen LogP contribution in [0.15, 0.2) is 28.7 Å². The number of hydrogen-bond acceptors (Lipinski definition) is 3. The van der Waals surface area contributed by atoms with Crippen molar-refractivity contribution >= 4 is 16.8 Å². The minimum Gasteiger partial charge on any atom is -0.461 e. The number of hydrogen-bond donors (Lipinski definition) is 1. The highest BCUT2D eigenvalue weighted by Gasteiger charge is 2.14. The molecule has 0 aliphatic heterocycles. The second-order valence-electron chi connectivity index (χ2n) is 4.54. The fourth-order valence-electron chi connectivity index (χ4n) is 2.25. The van der Waals surface area contributed by atoms with Crippen LogP contribution in [-0.4, -0.2) is 9.78 Å². The summed E-state index contributed by atoms with van der Waals surface area (Å²) in [4.78, 5) is 0. The lowest BCUT2D eigenvalue weighted by Crippen LogP contribution is -1.96. The first-order chi connectivity index (χ1) is 8.58. The summed E-state index contributed by atoms with van der Waals surface area (Å²) in [5, 5.41) is 5.55. The lowest BCUT2D eigenvalue weighted by atomic mass is 10.0. The number of nitrogens with two attached hydrogens (primary N) is 1. The first-order valence-corrected chi connectivity index (χ1v) is 5.86. The van der Waals surface area contributed by atoms with E-state index in [1.54, 1.807) is 4.68 Å². The Morgan fingerprint density at radius 1 is 1.28 bits per heavy atom. The van der Waals surface area contributed by atoms with Crippen LogP contribution in [0, 0.1) is 13.8 Å². The summed E-state index contributed by atoms with van der Waals surface area (Å²) in [6.45, 7) is 4.04. The number of aromatic nitrogens is 2. The Kier molecular flexibility index (Phi) is 2.20. The summed E-state index contributed by atoms with van der Waals surface area (Å²) in [7, 11) is 1.84. The third kappa shape index (κ3) is 1.42. The Labute approximate surface area is 105 Å². The summed E-state index contributed by atoms with van der Waals surface area (Å²) >= 11 is 0. The summed E-state index contributed by atoms with van der Waals surface area (Å²) in [5.74, 6) is 1.60. The van der Waals surface area contributed by atoms with Gasteiger partial charge in [-0.1, -0.05) is 12.1 Å². The predicted molar refractivity (Wildman–Crippen MR) is 72.3 cm³/mol. The van der Waals surface area contributed by atoms with Crippen LogP contribution in [0.5, 0.6) is 0 Å². The highest BCUT2D eigenvalue weighted by molar-refractivity contribution is 5.96. The molecule has 0 bridgehead atoms. The van der Waals surface area contributed by atoms with Gasteiger partial charge in [-0.2, -0.15) is 5.10 Å². The van der Waals surface area contributed by atoms with Crippen LogP contribution < -0.4 is 5.73 Å². The smallest absolute Gasteiger partial charge is 0.135 e. The van der Waals surface area contributed by atoms with Crippen molar-refractivity contribution in [3.8, 4) is 11.3 Å². The van der Waals surface area contributed by atoms with Gasteiger partial charge in [0.1, 0.15) is 17.2 Å². The maximum absolute atomic E-state index is 5.84. The highest BCUT2D eigenvalue weighted by atomic mass is 16.3. The van der Waals surface area contributed by atoms with Gasteiger partial charge in [0.25, 0.3) is 0 Å². The zero-order chi connectivity index (χ0) is 12.9. The average Bonchev–Trinajstić information content (AvgIpc) is 2.82. The van der Waals surface area contributed by atoms with Crippen LogP contribution in [0.3, 0.4) is 0 Å². The third-order valence-corrected chi connectivity index (χ3v) is 3.38. The molecule has 0 atom stereocenters. The van der Waals surface area contributed by atoms with Gasteiger partial charge in [-0.05, 0) is 25.5 Å². The molecule has 0 spiro atoms. The molecular formula is C14H15N3O. The van der Waals surface area contributed by atoms with Gasteiger partial charge in [0.05, 0.1) is 5.69 Å². The molecule has 0 unspecified atom stereocenters. The summed E-state index contributed by atoms with van der Waals surface area (Å²) in [6, 6.07) is 7.89. The molecule has 0 amide bonds. The largest absolute Gasteiger partial charge is 0.461 e. The molecule has 0 radical (unpaired) electrons. The molecule has 0 aliphatic carbocycles. The minimum absolute atomic E-state index is 0.653. The quantitative estimate of drug-likeness (QED) is 0.712. The number of furan rings is 1. The van der Waals surface area contributed by atoms with E-state index in [0.29, 0.717) is 5.82 Å². The second-order valence-corrected chi connectivity index (χ2v) is 4.54. The Hall–Kier alpha value is -2.23. The lowest BCUT2D eigenvalue weighted by molar-refractivity contribution is 0.575. The van der Waals surface area contributed by atoms with Gasteiger partial charge in [0, 0.05) is 24.1 Å². The number of nitrogens with zero attached hydrogens (tertiary/aromatic N) is 2. The van der Waals surface area contributed by atoms with Gasteiger partial charge >= 0.3 is 0 Å². The molecule has 0 saturated carbocycles. The number of fused-ring (bicyclic) bond motifs is 1. The summed E-state index contributed by atoms with van der Waals surface area (Å²) in [6.07, 6.45) is 0. The average molecular weight is 241 g/mol. The Bertz CT molecular complexity index is 717. The maximum Gasteiger partial charge on any atom is 0.135 e. The predicted octanol–water partition coefficient (Wildman–Crippen LogP) is 3.03. The number of aryl methyl sites for hydroxylation is 3. The minimum atomic E-state index is 0.653. The first-order valence-electron chi connectivity index (χ1n) is 5.86. The zero-order valence-corrected chi connectivity index (χ0v) is 10.7. The van der Waals surface area contributed by atoms with Crippen molar-refractivity contribution < 1.29 is 4.42 Å². The SMILES string of the molecule is Cc1oc2cccc(-c3cc(N)n(C)n3)c2c1C. The van der Waals surface area contributed by atoms with Gasteiger partial charge in [0.2, 0.25) is 0 Å². The molecule has 2 heterocycles. The molecule has 2 N–H and O–H groups in total. The van der Waals surface area contributed by atoms with E-state index >= 15 is 0 Å². The zero-order valence-electron chi connectivity index (χ0n) is 10.7. The third-order valence-electron chi connectivity index (χ3n) is 3.38. The fourth-order valence-corrected chi connectivity index (χ4v) is 2.25. The van der Waals surface area contributed by atoms with E-state index in [2.05, 4.69) is 12.0 Å². The van der Waals surface area contributed by atoms with Crippen molar-refractivity contribution in [1.82, 2.24) is 9.78 Å². The molecule has 92 valence electrons. The van der Waals surface area contributed by atoms with E-state index in [4.69, 9.17) is 10.2 Å². The van der Waals surface area contributed by atoms with Gasteiger partial charge in [0.15, 0.2) is 0 Å². The van der Waals surface area contributed by atoms with E-state index < -0.39 is 0 Å². The van der Waals surface area contributed by atoms with Crippen LogP contribution in [-0.2, 0) is 7.05 Å². The fraction of sp³-hybridized carbons (Fsp3) is 0.214. The number of anilines is 1. The van der Waals surface area contributed by atoms with Crippen molar-refractivity contribution in [2.75, 3.05) is 5.73 Å². The first kappa shape index (κ1) is 10.9. The van der Waals surface area contributed by atoms with Crippen LogP contribution in [0.2, 0.25) is 0 Å². The molecule has 3 aromatic rings. The molecule has 0 fully saturated rings. The molecule has 0 aliphatic rings. The van der Waals surface area contributed by atoms with Crippen molar-refractivity contribution in [2.45, 2.75) is 13.8 Å². The standard InChI is InChI=1S/C14H15N3O/c1-8-9(2)18-12-6-4-5-10(14(8)12)11-7-13(15)17(3)16-11/h4-7H,15H2,1-3H3. The molecule has 1 aromatic carbocycles. The normalized spacial score (nSPS) is 11.3.